The van der Waals surface area contributed by atoms with E-state index in [0.29, 0.717) is 0 Å². The second-order valence-corrected chi connectivity index (χ2v) is 4.72. The molecule has 1 N–H and O–H groups in total. The Morgan fingerprint density at radius 1 is 0.857 bits per heavy atom. The highest BCUT2D eigenvalue weighted by Crippen LogP contribution is 2.11. The molecule has 0 amide bonds. The molecule has 3 rings (SSSR count). The van der Waals surface area contributed by atoms with Gasteiger partial charge in [0.1, 0.15) is 7.05 Å². The van der Waals surface area contributed by atoms with Gasteiger partial charge in [0.2, 0.25) is 11.2 Å². The van der Waals surface area contributed by atoms with Crippen LogP contribution in [0.25, 0.3) is 17.0 Å². The third kappa shape index (κ3) is 3.61. The molecule has 3 aromatic rings. The second kappa shape index (κ2) is 7.22. The lowest BCUT2D eigenvalue weighted by Gasteiger charge is -2.01. The monoisotopic (exact) mass is 388 g/mol. The van der Waals surface area contributed by atoms with Crippen LogP contribution in [0.1, 0.15) is 5.69 Å². The van der Waals surface area contributed by atoms with Crippen LogP contribution in [0.3, 0.4) is 0 Å². The first kappa shape index (κ1) is 15.5. The summed E-state index contributed by atoms with van der Waals surface area (Å²) in [6.07, 6.45) is 4.05. The van der Waals surface area contributed by atoms with Crippen LogP contribution in [0.4, 0.5) is 5.69 Å². The van der Waals surface area contributed by atoms with E-state index in [2.05, 4.69) is 59.4 Å². The summed E-state index contributed by atoms with van der Waals surface area (Å²) in [5.74, 6) is 0. The van der Waals surface area contributed by atoms with E-state index in [1.807, 2.05) is 36.5 Å². The van der Waals surface area contributed by atoms with Gasteiger partial charge in [-0.3, -0.25) is 0 Å². The molecule has 106 valence electrons. The summed E-state index contributed by atoms with van der Waals surface area (Å²) in [5, 5.41) is 4.53. The van der Waals surface area contributed by atoms with Crippen LogP contribution < -0.4 is 33.9 Å². The molecule has 0 radical (unpaired) electrons. The van der Waals surface area contributed by atoms with Gasteiger partial charge in [0.25, 0.3) is 0 Å². The number of nitrogens with zero attached hydrogens (tertiary/aromatic N) is 1. The first-order valence-corrected chi connectivity index (χ1v) is 6.70. The zero-order valence-corrected chi connectivity index (χ0v) is 14.0. The molecule has 0 aliphatic carbocycles. The number of pyridine rings is 1. The van der Waals surface area contributed by atoms with Crippen molar-refractivity contribution in [1.29, 1.82) is 0 Å². The van der Waals surface area contributed by atoms with Gasteiger partial charge in [-0.15, -0.1) is 0 Å². The Kier molecular flexibility index (Phi) is 5.33. The minimum Gasteiger partial charge on any atom is -1.00 e. The molecule has 1 heterocycles. The highest BCUT2D eigenvalue weighted by Gasteiger charge is 2.07. The van der Waals surface area contributed by atoms with Gasteiger partial charge in [-0.25, -0.2) is 0 Å². The molecule has 0 spiro atoms. The summed E-state index contributed by atoms with van der Waals surface area (Å²) >= 11 is 0. The summed E-state index contributed by atoms with van der Waals surface area (Å²) in [6, 6.07) is 22.8. The molecule has 21 heavy (non-hydrogen) atoms. The number of anilines is 1. The number of hydrogen-bond donors (Lipinski definition) is 1. The number of hydrogen-bond acceptors (Lipinski definition) is 1. The predicted octanol–water partition coefficient (Wildman–Crippen LogP) is 0.751. The third-order valence-corrected chi connectivity index (χ3v) is 3.40. The molecule has 2 nitrogen and oxygen atoms in total. The molecular weight excluding hydrogens is 371 g/mol. The van der Waals surface area contributed by atoms with Gasteiger partial charge in [0.15, 0.2) is 0 Å². The van der Waals surface area contributed by atoms with E-state index < -0.39 is 0 Å². The Morgan fingerprint density at radius 2 is 1.57 bits per heavy atom. The number of rotatable bonds is 3. The van der Waals surface area contributed by atoms with Crippen molar-refractivity contribution in [1.82, 2.24) is 0 Å². The van der Waals surface area contributed by atoms with Gasteiger partial charge >= 0.3 is 0 Å². The normalized spacial score (nSPS) is 10.5. The maximum absolute atomic E-state index is 3.27. The fourth-order valence-electron chi connectivity index (χ4n) is 2.28. The molecule has 1 aromatic heterocycles. The molecule has 0 bridgehead atoms. The van der Waals surface area contributed by atoms with Gasteiger partial charge < -0.3 is 29.3 Å². The van der Waals surface area contributed by atoms with Gasteiger partial charge in [-0.2, -0.15) is 4.57 Å². The first-order chi connectivity index (χ1) is 9.84. The van der Waals surface area contributed by atoms with E-state index in [-0.39, 0.29) is 24.0 Å². The van der Waals surface area contributed by atoms with Crippen LogP contribution in [0.2, 0.25) is 0 Å². The quantitative estimate of drug-likeness (QED) is 0.518. The SMILES string of the molecule is C[n+]1c(/C=C/Nc2ccccc2)ccc2ccccc21.[I-]. The van der Waals surface area contributed by atoms with Crippen LogP contribution in [0.15, 0.2) is 72.9 Å². The number of halogens is 1. The summed E-state index contributed by atoms with van der Waals surface area (Å²) in [5.41, 5.74) is 3.48. The van der Waals surface area contributed by atoms with Crippen molar-refractivity contribution < 1.29 is 28.5 Å². The van der Waals surface area contributed by atoms with Gasteiger partial charge in [0, 0.05) is 35.5 Å². The van der Waals surface area contributed by atoms with Crippen molar-refractivity contribution in [2.24, 2.45) is 7.05 Å². The number of fused-ring (bicyclic) bond motifs is 1. The van der Waals surface area contributed by atoms with Gasteiger partial charge in [-0.05, 0) is 24.3 Å². The van der Waals surface area contributed by atoms with Crippen molar-refractivity contribution in [3.63, 3.8) is 0 Å². The van der Waals surface area contributed by atoms with E-state index in [0.717, 1.165) is 11.4 Å². The van der Waals surface area contributed by atoms with E-state index in [9.17, 15) is 0 Å². The standard InChI is InChI=1S/C18H16N2.HI/c1-20-17(12-11-15-7-5-6-10-18(15)20)13-14-19-16-8-3-2-4-9-16;/h2-14H,1H3;1H. The third-order valence-electron chi connectivity index (χ3n) is 3.40. The predicted molar refractivity (Wildman–Crippen MR) is 84.2 cm³/mol. The highest BCUT2D eigenvalue weighted by atomic mass is 127. The van der Waals surface area contributed by atoms with Crippen molar-refractivity contribution >= 4 is 22.7 Å². The smallest absolute Gasteiger partial charge is 0.212 e. The Hall–Kier alpha value is -1.88. The van der Waals surface area contributed by atoms with Crippen molar-refractivity contribution in [2.75, 3.05) is 5.32 Å². The number of nitrogens with one attached hydrogen (secondary N) is 1. The molecule has 0 saturated heterocycles. The Labute approximate surface area is 142 Å². The molecule has 0 aliphatic heterocycles. The molecule has 2 aromatic carbocycles. The highest BCUT2D eigenvalue weighted by molar-refractivity contribution is 5.76. The Bertz CT molecular complexity index is 752. The van der Waals surface area contributed by atoms with Gasteiger partial charge in [0.05, 0.1) is 0 Å². The molecule has 0 atom stereocenters. The van der Waals surface area contributed by atoms with Crippen LogP contribution in [-0.4, -0.2) is 0 Å². The fraction of sp³-hybridized carbons (Fsp3) is 0.0556. The van der Waals surface area contributed by atoms with Gasteiger partial charge in [-0.1, -0.05) is 30.3 Å². The summed E-state index contributed by atoms with van der Waals surface area (Å²) in [6.45, 7) is 0. The van der Waals surface area contributed by atoms with Crippen LogP contribution >= 0.6 is 0 Å². The minimum absolute atomic E-state index is 0. The molecular formula is C18H17IN2. The Balaban J connectivity index is 0.00000161. The lowest BCUT2D eigenvalue weighted by atomic mass is 10.2. The number of para-hydroxylation sites is 2. The number of aromatic nitrogens is 1. The van der Waals surface area contributed by atoms with Crippen LogP contribution in [0, 0.1) is 0 Å². The topological polar surface area (TPSA) is 15.9 Å². The molecule has 0 saturated carbocycles. The number of benzene rings is 2. The fourth-order valence-corrected chi connectivity index (χ4v) is 2.28. The lowest BCUT2D eigenvalue weighted by Crippen LogP contribution is -3.00. The maximum Gasteiger partial charge on any atom is 0.212 e. The van der Waals surface area contributed by atoms with Crippen molar-refractivity contribution in [3.8, 4) is 0 Å². The van der Waals surface area contributed by atoms with Crippen LogP contribution in [0.5, 0.6) is 0 Å². The minimum atomic E-state index is 0. The zero-order valence-electron chi connectivity index (χ0n) is 11.8. The molecule has 0 fully saturated rings. The average molecular weight is 388 g/mol. The number of aryl methyl sites for hydroxylation is 1. The molecule has 0 unspecified atom stereocenters. The van der Waals surface area contributed by atoms with E-state index in [1.165, 1.54) is 10.9 Å². The van der Waals surface area contributed by atoms with E-state index in [1.54, 1.807) is 0 Å². The Morgan fingerprint density at radius 3 is 2.38 bits per heavy atom. The van der Waals surface area contributed by atoms with E-state index >= 15 is 0 Å². The van der Waals surface area contributed by atoms with Crippen molar-refractivity contribution in [3.05, 3.63) is 78.6 Å². The summed E-state index contributed by atoms with van der Waals surface area (Å²) in [7, 11) is 2.09. The maximum atomic E-state index is 3.27. The average Bonchev–Trinajstić information content (AvgIpc) is 2.51. The summed E-state index contributed by atoms with van der Waals surface area (Å²) in [4.78, 5) is 0. The van der Waals surface area contributed by atoms with Crippen molar-refractivity contribution in [2.45, 2.75) is 0 Å². The van der Waals surface area contributed by atoms with E-state index in [4.69, 9.17) is 0 Å². The largest absolute Gasteiger partial charge is 1.00 e. The zero-order chi connectivity index (χ0) is 13.8. The van der Waals surface area contributed by atoms with Crippen LogP contribution in [-0.2, 0) is 7.05 Å². The molecule has 0 aliphatic rings. The second-order valence-electron chi connectivity index (χ2n) is 4.72. The summed E-state index contributed by atoms with van der Waals surface area (Å²) < 4.78 is 2.19. The lowest BCUT2D eigenvalue weighted by molar-refractivity contribution is -0.646. The first-order valence-electron chi connectivity index (χ1n) is 6.70. The molecule has 3 heteroatoms.